The minimum absolute atomic E-state index is 0.219. The Morgan fingerprint density at radius 3 is 2.34 bits per heavy atom. The number of hydrogen-bond acceptors (Lipinski definition) is 5. The van der Waals surface area contributed by atoms with E-state index in [9.17, 15) is 14.7 Å². The molecule has 7 heteroatoms. The smallest absolute Gasteiger partial charge is 0.422 e. The standard InChI is InChI=1S/C37H27NO6/c1-42-29-13-14-30-31(22-29)38(34(41)43-28-10-3-2-4-11-28)36-19-16-27-21-25-9-6-5-8-24(25)20-26(27)15-18-35(23-33(39)40)17-7-12-32(36)37(30,35)44-36/h2-6,8-11,13-14,20-22,32H,7,12,17,23H2,1H3,(H,39,40)/t32?,35?,36-,37-/m1/s1. The topological polar surface area (TPSA) is 85.3 Å². The SMILES string of the molecule is COc1ccc2c(c1)N(C(=O)Oc1ccccc1)[C@@]13C#Cc4cc5ccccc5cc4C#CC4(CC(=O)O)CCCC1[C@]24O3. The highest BCUT2D eigenvalue weighted by Crippen LogP contribution is 2.73. The summed E-state index contributed by atoms with van der Waals surface area (Å²) in [5.74, 6) is 13.2. The first kappa shape index (κ1) is 26.4. The molecule has 7 nitrogen and oxygen atoms in total. The van der Waals surface area contributed by atoms with Crippen molar-refractivity contribution in [1.29, 1.82) is 0 Å². The molecule has 1 N–H and O–H groups in total. The summed E-state index contributed by atoms with van der Waals surface area (Å²) in [5, 5.41) is 12.3. The molecule has 5 aliphatic rings. The van der Waals surface area contributed by atoms with Crippen LogP contribution in [0.15, 0.2) is 84.9 Å². The molecule has 3 aliphatic heterocycles. The van der Waals surface area contributed by atoms with Gasteiger partial charge in [-0.25, -0.2) is 9.69 Å². The van der Waals surface area contributed by atoms with E-state index in [1.54, 1.807) is 37.4 Å². The van der Waals surface area contributed by atoms with Crippen LogP contribution in [0, 0.1) is 35.0 Å². The normalized spacial score (nSPS) is 26.8. The number of anilines is 1. The lowest BCUT2D eigenvalue weighted by molar-refractivity contribution is -0.362. The summed E-state index contributed by atoms with van der Waals surface area (Å²) in [5.41, 5.74) is -1.01. The first-order valence-electron chi connectivity index (χ1n) is 14.7. The zero-order valence-electron chi connectivity index (χ0n) is 23.9. The lowest BCUT2D eigenvalue weighted by atomic mass is 9.47. The molecule has 0 aromatic heterocycles. The van der Waals surface area contributed by atoms with Crippen molar-refractivity contribution >= 4 is 28.5 Å². The molecular formula is C37H27NO6. The van der Waals surface area contributed by atoms with Gasteiger partial charge in [-0.3, -0.25) is 4.79 Å². The molecule has 1 amide bonds. The summed E-state index contributed by atoms with van der Waals surface area (Å²) < 4.78 is 18.5. The zero-order chi connectivity index (χ0) is 30.1. The first-order chi connectivity index (χ1) is 21.4. The summed E-state index contributed by atoms with van der Waals surface area (Å²) in [4.78, 5) is 28.3. The minimum Gasteiger partial charge on any atom is -0.497 e. The molecule has 0 spiro atoms. The van der Waals surface area contributed by atoms with Gasteiger partial charge in [-0.05, 0) is 59.9 Å². The molecule has 4 bridgehead atoms. The molecular weight excluding hydrogens is 554 g/mol. The highest BCUT2D eigenvalue weighted by molar-refractivity contribution is 5.96. The molecule has 1 saturated heterocycles. The third kappa shape index (κ3) is 3.51. The van der Waals surface area contributed by atoms with Gasteiger partial charge in [0.2, 0.25) is 5.72 Å². The lowest BCUT2D eigenvalue weighted by Crippen LogP contribution is -2.82. The maximum absolute atomic E-state index is 14.2. The van der Waals surface area contributed by atoms with E-state index >= 15 is 0 Å². The molecule has 2 unspecified atom stereocenters. The molecule has 0 radical (unpaired) electrons. The maximum Gasteiger partial charge on any atom is 0.422 e. The number of methoxy groups -OCH3 is 1. The van der Waals surface area contributed by atoms with E-state index in [1.807, 2.05) is 54.6 Å². The number of carboxylic acid groups (broad SMARTS) is 1. The average molecular weight is 582 g/mol. The average Bonchev–Trinajstić information content (AvgIpc) is 3.02. The number of benzene rings is 4. The van der Waals surface area contributed by atoms with E-state index in [0.717, 1.165) is 10.8 Å². The summed E-state index contributed by atoms with van der Waals surface area (Å²) in [7, 11) is 1.56. The van der Waals surface area contributed by atoms with Gasteiger partial charge in [-0.1, -0.05) is 72.7 Å². The molecule has 4 aromatic rings. The van der Waals surface area contributed by atoms with Crippen LogP contribution in [0.5, 0.6) is 11.5 Å². The Labute approximate surface area is 254 Å². The van der Waals surface area contributed by atoms with Crippen LogP contribution in [0.25, 0.3) is 10.8 Å². The fraction of sp³-hybridized carbons (Fsp3) is 0.243. The monoisotopic (exact) mass is 581 g/mol. The number of carbonyl (C=O) groups excluding carboxylic acids is 1. The largest absolute Gasteiger partial charge is 0.497 e. The molecule has 9 rings (SSSR count). The number of amides is 1. The predicted molar refractivity (Wildman–Crippen MR) is 163 cm³/mol. The number of aliphatic carboxylic acids is 1. The van der Waals surface area contributed by atoms with Crippen LogP contribution in [0.2, 0.25) is 0 Å². The number of rotatable bonds is 4. The Bertz CT molecular complexity index is 2020. The van der Waals surface area contributed by atoms with E-state index in [0.29, 0.717) is 53.1 Å². The highest BCUT2D eigenvalue weighted by Gasteiger charge is 2.80. The van der Waals surface area contributed by atoms with Crippen LogP contribution in [-0.4, -0.2) is 30.0 Å². The van der Waals surface area contributed by atoms with Crippen LogP contribution in [0.1, 0.15) is 42.4 Å². The van der Waals surface area contributed by atoms with Gasteiger partial charge < -0.3 is 19.3 Å². The van der Waals surface area contributed by atoms with Gasteiger partial charge in [0.1, 0.15) is 17.1 Å². The van der Waals surface area contributed by atoms with Gasteiger partial charge in [0, 0.05) is 22.8 Å². The van der Waals surface area contributed by atoms with E-state index < -0.39 is 28.8 Å². The molecule has 3 heterocycles. The van der Waals surface area contributed by atoms with Gasteiger partial charge in [0.25, 0.3) is 0 Å². The molecule has 4 atom stereocenters. The van der Waals surface area contributed by atoms with Crippen molar-refractivity contribution in [2.45, 2.75) is 37.0 Å². The van der Waals surface area contributed by atoms with E-state index in [2.05, 4.69) is 23.7 Å². The number of nitrogens with zero attached hydrogens (tertiary/aromatic N) is 1. The lowest BCUT2D eigenvalue weighted by Gasteiger charge is -2.72. The van der Waals surface area contributed by atoms with Crippen molar-refractivity contribution in [2.24, 2.45) is 11.3 Å². The second-order valence-corrected chi connectivity index (χ2v) is 11.8. The molecule has 1 saturated carbocycles. The van der Waals surface area contributed by atoms with Gasteiger partial charge >= 0.3 is 12.1 Å². The van der Waals surface area contributed by atoms with Crippen LogP contribution in [-0.2, 0) is 15.1 Å². The number of hydrogen-bond donors (Lipinski definition) is 1. The Morgan fingerprint density at radius 1 is 0.932 bits per heavy atom. The fourth-order valence-electron chi connectivity index (χ4n) is 7.75. The zero-order valence-corrected chi connectivity index (χ0v) is 23.9. The maximum atomic E-state index is 14.2. The van der Waals surface area contributed by atoms with Crippen LogP contribution in [0.3, 0.4) is 0 Å². The number of para-hydroxylation sites is 1. The van der Waals surface area contributed by atoms with Gasteiger partial charge in [0.05, 0.1) is 30.6 Å². The molecule has 44 heavy (non-hydrogen) atoms. The Hall–Kier alpha value is -5.24. The number of carbonyl (C=O) groups is 2. The molecule has 2 fully saturated rings. The van der Waals surface area contributed by atoms with E-state index in [1.165, 1.54) is 4.90 Å². The summed E-state index contributed by atoms with van der Waals surface area (Å²) >= 11 is 0. The Morgan fingerprint density at radius 2 is 1.64 bits per heavy atom. The summed E-state index contributed by atoms with van der Waals surface area (Å²) in [6.07, 6.45) is 1.03. The van der Waals surface area contributed by atoms with Crippen LogP contribution in [0.4, 0.5) is 10.5 Å². The summed E-state index contributed by atoms with van der Waals surface area (Å²) in [6, 6.07) is 26.3. The van der Waals surface area contributed by atoms with Crippen molar-refractivity contribution < 1.29 is 28.9 Å². The molecule has 2 aliphatic carbocycles. The first-order valence-corrected chi connectivity index (χ1v) is 14.7. The number of fused-ring (bicyclic) bond motifs is 2. The Balaban J connectivity index is 1.43. The van der Waals surface area contributed by atoms with E-state index in [-0.39, 0.29) is 12.3 Å². The van der Waals surface area contributed by atoms with Gasteiger partial charge in [-0.2, -0.15) is 0 Å². The van der Waals surface area contributed by atoms with Crippen LogP contribution < -0.4 is 14.4 Å². The van der Waals surface area contributed by atoms with Crippen LogP contribution >= 0.6 is 0 Å². The third-order valence-corrected chi connectivity index (χ3v) is 9.55. The van der Waals surface area contributed by atoms with Crippen molar-refractivity contribution in [3.8, 4) is 35.2 Å². The molecule has 216 valence electrons. The minimum atomic E-state index is -1.42. The highest BCUT2D eigenvalue weighted by atomic mass is 16.6. The summed E-state index contributed by atoms with van der Waals surface area (Å²) in [6.45, 7) is 0. The fourth-order valence-corrected chi connectivity index (χ4v) is 7.75. The van der Waals surface area contributed by atoms with Gasteiger partial charge in [-0.15, -0.1) is 0 Å². The number of ether oxygens (including phenoxy) is 3. The number of carboxylic acids is 1. The second kappa shape index (κ2) is 9.38. The predicted octanol–water partition coefficient (Wildman–Crippen LogP) is 6.47. The third-order valence-electron chi connectivity index (χ3n) is 9.55. The van der Waals surface area contributed by atoms with Crippen molar-refractivity contribution in [3.05, 3.63) is 102 Å². The van der Waals surface area contributed by atoms with Crippen molar-refractivity contribution in [3.63, 3.8) is 0 Å². The molecule has 4 aromatic carbocycles. The van der Waals surface area contributed by atoms with Crippen molar-refractivity contribution in [1.82, 2.24) is 0 Å². The van der Waals surface area contributed by atoms with Gasteiger partial charge in [0.15, 0.2) is 0 Å². The van der Waals surface area contributed by atoms with Crippen molar-refractivity contribution in [2.75, 3.05) is 12.0 Å². The second-order valence-electron chi connectivity index (χ2n) is 11.8. The van der Waals surface area contributed by atoms with E-state index in [4.69, 9.17) is 14.2 Å². The quantitative estimate of drug-likeness (QED) is 0.278. The Kier molecular flexibility index (Phi) is 5.63.